The molecule has 0 spiro atoms. The molecule has 0 bridgehead atoms. The lowest BCUT2D eigenvalue weighted by Crippen LogP contribution is -2.09. The first-order valence-electron chi connectivity index (χ1n) is 5.76. The summed E-state index contributed by atoms with van der Waals surface area (Å²) in [6, 6.07) is 14.8. The molecule has 0 heterocycles. The molecule has 0 saturated heterocycles. The lowest BCUT2D eigenvalue weighted by molar-refractivity contribution is 0.0726. The van der Waals surface area contributed by atoms with Crippen LogP contribution < -0.4 is 0 Å². The Labute approximate surface area is 130 Å². The summed E-state index contributed by atoms with van der Waals surface area (Å²) in [5.74, 6) is -0.00892. The zero-order valence-corrected chi connectivity index (χ0v) is 13.0. The van der Waals surface area contributed by atoms with Gasteiger partial charge in [-0.15, -0.1) is 0 Å². The number of halogens is 2. The molecule has 98 valence electrons. The molecule has 2 nitrogen and oxygen atoms in total. The van der Waals surface area contributed by atoms with Crippen molar-refractivity contribution in [1.82, 2.24) is 0 Å². The summed E-state index contributed by atoms with van der Waals surface area (Å²) in [5, 5.41) is 0.693. The molecule has 0 aliphatic carbocycles. The number of benzene rings is 2. The van der Waals surface area contributed by atoms with Crippen molar-refractivity contribution in [2.45, 2.75) is 6.61 Å². The van der Waals surface area contributed by atoms with Crippen LogP contribution in [0.25, 0.3) is 0 Å². The number of ketones is 1. The van der Waals surface area contributed by atoms with E-state index < -0.39 is 0 Å². The summed E-state index contributed by atoms with van der Waals surface area (Å²) in [6.07, 6.45) is 0. The topological polar surface area (TPSA) is 26.3 Å². The van der Waals surface area contributed by atoms with Crippen LogP contribution in [0.4, 0.5) is 0 Å². The van der Waals surface area contributed by atoms with Crippen LogP contribution in [0.15, 0.2) is 48.5 Å². The second kappa shape index (κ2) is 7.03. The first-order chi connectivity index (χ1) is 9.15. The minimum absolute atomic E-state index is 0.00892. The van der Waals surface area contributed by atoms with E-state index in [1.165, 1.54) is 0 Å². The number of Topliss-reactive ketones (excluding diaryl/α,β-unsaturated/α-hetero) is 1. The van der Waals surface area contributed by atoms with Crippen molar-refractivity contribution in [1.29, 1.82) is 0 Å². The molecule has 2 aromatic rings. The zero-order valence-electron chi connectivity index (χ0n) is 10.1. The highest BCUT2D eigenvalue weighted by atomic mass is 127. The largest absolute Gasteiger partial charge is 0.369 e. The SMILES string of the molecule is O=C(COCc1ccc(Cl)cc1)c1ccc(I)cc1. The number of carbonyl (C=O) groups is 1. The van der Waals surface area contributed by atoms with E-state index in [0.717, 1.165) is 9.13 Å². The molecule has 19 heavy (non-hydrogen) atoms. The van der Waals surface area contributed by atoms with Crippen molar-refractivity contribution in [2.75, 3.05) is 6.61 Å². The average Bonchev–Trinajstić information content (AvgIpc) is 2.41. The van der Waals surface area contributed by atoms with E-state index in [2.05, 4.69) is 22.6 Å². The molecule has 0 N–H and O–H groups in total. The number of rotatable bonds is 5. The van der Waals surface area contributed by atoms with Gasteiger partial charge in [0, 0.05) is 14.2 Å². The Hall–Kier alpha value is -0.910. The Morgan fingerprint density at radius 2 is 1.68 bits per heavy atom. The van der Waals surface area contributed by atoms with Gasteiger partial charge in [0.05, 0.1) is 6.61 Å². The molecule has 0 atom stereocenters. The van der Waals surface area contributed by atoms with E-state index in [1.807, 2.05) is 36.4 Å². The van der Waals surface area contributed by atoms with Gasteiger partial charge in [0.2, 0.25) is 0 Å². The monoisotopic (exact) mass is 386 g/mol. The standard InChI is InChI=1S/C15H12ClIO2/c16-13-5-1-11(2-6-13)9-19-10-15(18)12-3-7-14(17)8-4-12/h1-8H,9-10H2. The fraction of sp³-hybridized carbons (Fsp3) is 0.133. The number of carbonyl (C=O) groups excluding carboxylic acids is 1. The lowest BCUT2D eigenvalue weighted by atomic mass is 10.1. The fourth-order valence-corrected chi connectivity index (χ4v) is 2.05. The molecule has 0 unspecified atom stereocenters. The highest BCUT2D eigenvalue weighted by Gasteiger charge is 2.05. The minimum Gasteiger partial charge on any atom is -0.369 e. The van der Waals surface area contributed by atoms with Gasteiger partial charge >= 0.3 is 0 Å². The van der Waals surface area contributed by atoms with Gasteiger partial charge in [-0.2, -0.15) is 0 Å². The van der Waals surface area contributed by atoms with Crippen molar-refractivity contribution in [3.05, 3.63) is 68.3 Å². The van der Waals surface area contributed by atoms with Gasteiger partial charge in [0.25, 0.3) is 0 Å². The van der Waals surface area contributed by atoms with E-state index in [0.29, 0.717) is 17.2 Å². The summed E-state index contributed by atoms with van der Waals surface area (Å²) >= 11 is 8.00. The molecule has 2 rings (SSSR count). The summed E-state index contributed by atoms with van der Waals surface area (Å²) in [7, 11) is 0. The van der Waals surface area contributed by atoms with Crippen LogP contribution in [0.5, 0.6) is 0 Å². The van der Waals surface area contributed by atoms with Crippen LogP contribution in [0, 0.1) is 3.57 Å². The summed E-state index contributed by atoms with van der Waals surface area (Å²) < 4.78 is 6.52. The van der Waals surface area contributed by atoms with Crippen LogP contribution in [0.2, 0.25) is 5.02 Å². The predicted octanol–water partition coefficient (Wildman–Crippen LogP) is 4.34. The highest BCUT2D eigenvalue weighted by molar-refractivity contribution is 14.1. The normalized spacial score (nSPS) is 10.4. The molecule has 2 aromatic carbocycles. The lowest BCUT2D eigenvalue weighted by Gasteiger charge is -2.04. The second-order valence-electron chi connectivity index (χ2n) is 4.05. The molecule has 0 aliphatic heterocycles. The smallest absolute Gasteiger partial charge is 0.188 e. The fourth-order valence-electron chi connectivity index (χ4n) is 1.56. The second-order valence-corrected chi connectivity index (χ2v) is 5.73. The van der Waals surface area contributed by atoms with Gasteiger partial charge in [-0.1, -0.05) is 35.9 Å². The van der Waals surface area contributed by atoms with Gasteiger partial charge in [0.15, 0.2) is 5.78 Å². The summed E-state index contributed by atoms with van der Waals surface area (Å²) in [4.78, 5) is 11.9. The van der Waals surface area contributed by atoms with Gasteiger partial charge in [-0.05, 0) is 52.4 Å². The molecule has 0 aliphatic rings. The van der Waals surface area contributed by atoms with E-state index in [1.54, 1.807) is 12.1 Å². The highest BCUT2D eigenvalue weighted by Crippen LogP contribution is 2.11. The van der Waals surface area contributed by atoms with Crippen LogP contribution in [-0.2, 0) is 11.3 Å². The molecule has 4 heteroatoms. The Kier molecular flexibility index (Phi) is 5.36. The van der Waals surface area contributed by atoms with Gasteiger partial charge in [-0.25, -0.2) is 0 Å². The van der Waals surface area contributed by atoms with Crippen molar-refractivity contribution >= 4 is 40.0 Å². The maximum atomic E-state index is 11.9. The Balaban J connectivity index is 1.84. The van der Waals surface area contributed by atoms with E-state index in [9.17, 15) is 4.79 Å². The maximum Gasteiger partial charge on any atom is 0.188 e. The van der Waals surface area contributed by atoms with Gasteiger partial charge in [-0.3, -0.25) is 4.79 Å². The van der Waals surface area contributed by atoms with Gasteiger partial charge < -0.3 is 4.74 Å². The molecule has 0 aromatic heterocycles. The number of hydrogen-bond donors (Lipinski definition) is 0. The molecular weight excluding hydrogens is 375 g/mol. The van der Waals surface area contributed by atoms with Gasteiger partial charge in [0.1, 0.15) is 6.61 Å². The summed E-state index contributed by atoms with van der Waals surface area (Å²) in [5.41, 5.74) is 1.68. The zero-order chi connectivity index (χ0) is 13.7. The first-order valence-corrected chi connectivity index (χ1v) is 7.22. The molecule has 0 amide bonds. The van der Waals surface area contributed by atoms with Crippen molar-refractivity contribution in [3.8, 4) is 0 Å². The third kappa shape index (κ3) is 4.60. The quantitative estimate of drug-likeness (QED) is 0.564. The number of hydrogen-bond acceptors (Lipinski definition) is 2. The van der Waals surface area contributed by atoms with Crippen LogP contribution in [0.3, 0.4) is 0 Å². The molecule has 0 radical (unpaired) electrons. The minimum atomic E-state index is -0.00892. The first kappa shape index (κ1) is 14.5. The van der Waals surface area contributed by atoms with Crippen LogP contribution in [-0.4, -0.2) is 12.4 Å². The van der Waals surface area contributed by atoms with E-state index in [-0.39, 0.29) is 12.4 Å². The van der Waals surface area contributed by atoms with Crippen molar-refractivity contribution in [2.24, 2.45) is 0 Å². The average molecular weight is 387 g/mol. The third-order valence-electron chi connectivity index (χ3n) is 2.58. The predicted molar refractivity (Wildman–Crippen MR) is 84.6 cm³/mol. The van der Waals surface area contributed by atoms with Crippen LogP contribution >= 0.6 is 34.2 Å². The van der Waals surface area contributed by atoms with E-state index in [4.69, 9.17) is 16.3 Å². The van der Waals surface area contributed by atoms with E-state index >= 15 is 0 Å². The molecular formula is C15H12ClIO2. The Morgan fingerprint density at radius 3 is 2.32 bits per heavy atom. The maximum absolute atomic E-state index is 11.9. The summed E-state index contributed by atoms with van der Waals surface area (Å²) in [6.45, 7) is 0.497. The molecule has 0 saturated carbocycles. The molecule has 0 fully saturated rings. The van der Waals surface area contributed by atoms with Crippen molar-refractivity contribution in [3.63, 3.8) is 0 Å². The van der Waals surface area contributed by atoms with Crippen LogP contribution in [0.1, 0.15) is 15.9 Å². The Morgan fingerprint density at radius 1 is 1.05 bits per heavy atom. The third-order valence-corrected chi connectivity index (χ3v) is 3.55. The Bertz CT molecular complexity index is 549. The van der Waals surface area contributed by atoms with Crippen molar-refractivity contribution < 1.29 is 9.53 Å². The number of ether oxygens (including phenoxy) is 1.